The fraction of sp³-hybridized carbons (Fsp3) is 0.533. The van der Waals surface area contributed by atoms with Crippen LogP contribution in [0.3, 0.4) is 0 Å². The van der Waals surface area contributed by atoms with Gasteiger partial charge in [-0.1, -0.05) is 12.1 Å². The van der Waals surface area contributed by atoms with Crippen LogP contribution in [0.1, 0.15) is 32.8 Å². The number of aliphatic hydroxyl groups excluding tert-OH is 1. The molecule has 0 heterocycles. The van der Waals surface area contributed by atoms with Crippen LogP contribution in [-0.2, 0) is 11.2 Å². The van der Waals surface area contributed by atoms with E-state index < -0.39 is 11.0 Å². The predicted octanol–water partition coefficient (Wildman–Crippen LogP) is 2.15. The zero-order valence-corrected chi connectivity index (χ0v) is 12.7. The number of aryl methyl sites for hydroxylation is 1. The average Bonchev–Trinajstić information content (AvgIpc) is 2.42. The van der Waals surface area contributed by atoms with Crippen molar-refractivity contribution in [3.63, 3.8) is 0 Å². The molecule has 0 radical (unpaired) electrons. The molecule has 1 atom stereocenters. The summed E-state index contributed by atoms with van der Waals surface area (Å²) in [5.74, 6) is -0.0580. The third-order valence-corrected chi connectivity index (χ3v) is 3.15. The quantitative estimate of drug-likeness (QED) is 0.617. The first-order valence-electron chi connectivity index (χ1n) is 7.02. The van der Waals surface area contributed by atoms with E-state index in [1.165, 1.54) is 12.1 Å². The lowest BCUT2D eigenvalue weighted by Gasteiger charge is -2.28. The third-order valence-electron chi connectivity index (χ3n) is 3.15. The van der Waals surface area contributed by atoms with Gasteiger partial charge in [0.05, 0.1) is 11.0 Å². The summed E-state index contributed by atoms with van der Waals surface area (Å²) in [6.45, 7) is 5.73. The molecule has 0 fully saturated rings. The number of nitro groups is 1. The lowest BCUT2D eigenvalue weighted by Crippen LogP contribution is -2.41. The Balaban J connectivity index is 2.66. The lowest BCUT2D eigenvalue weighted by molar-refractivity contribution is -0.384. The number of carbonyl (C=O) groups excluding carboxylic acids is 1. The molecule has 0 aromatic heterocycles. The maximum absolute atomic E-state index is 12.2. The summed E-state index contributed by atoms with van der Waals surface area (Å²) in [5, 5.41) is 20.1. The van der Waals surface area contributed by atoms with Crippen molar-refractivity contribution in [2.24, 2.45) is 0 Å². The smallest absolute Gasteiger partial charge is 0.269 e. The van der Waals surface area contributed by atoms with Crippen LogP contribution in [0, 0.1) is 10.1 Å². The van der Waals surface area contributed by atoms with Gasteiger partial charge in [0.15, 0.2) is 0 Å². The van der Waals surface area contributed by atoms with Gasteiger partial charge in [0.1, 0.15) is 0 Å². The third kappa shape index (κ3) is 5.51. The number of carbonyl (C=O) groups is 1. The van der Waals surface area contributed by atoms with E-state index in [0.29, 0.717) is 13.0 Å². The molecule has 1 unspecified atom stereocenters. The van der Waals surface area contributed by atoms with Crippen molar-refractivity contribution in [1.82, 2.24) is 4.90 Å². The minimum atomic E-state index is -0.575. The van der Waals surface area contributed by atoms with Crippen LogP contribution in [0.2, 0.25) is 0 Å². The highest BCUT2D eigenvalue weighted by atomic mass is 16.6. The summed E-state index contributed by atoms with van der Waals surface area (Å²) in [7, 11) is 0. The van der Waals surface area contributed by atoms with Crippen molar-refractivity contribution in [3.8, 4) is 0 Å². The van der Waals surface area contributed by atoms with E-state index in [-0.39, 0.29) is 24.1 Å². The zero-order valence-electron chi connectivity index (χ0n) is 12.7. The Labute approximate surface area is 124 Å². The second-order valence-corrected chi connectivity index (χ2v) is 5.42. The first-order chi connectivity index (χ1) is 9.81. The van der Waals surface area contributed by atoms with Gasteiger partial charge in [-0.25, -0.2) is 0 Å². The predicted molar refractivity (Wildman–Crippen MR) is 79.9 cm³/mol. The van der Waals surface area contributed by atoms with Gasteiger partial charge in [0.25, 0.3) is 5.69 Å². The molecule has 1 aromatic rings. The molecule has 0 spiro atoms. The van der Waals surface area contributed by atoms with E-state index >= 15 is 0 Å². The number of aliphatic hydroxyl groups is 1. The van der Waals surface area contributed by atoms with Crippen LogP contribution in [0.25, 0.3) is 0 Å². The Morgan fingerprint density at radius 3 is 2.57 bits per heavy atom. The van der Waals surface area contributed by atoms with Crippen LogP contribution in [0.15, 0.2) is 24.3 Å². The van der Waals surface area contributed by atoms with E-state index in [2.05, 4.69) is 0 Å². The van der Waals surface area contributed by atoms with Crippen LogP contribution < -0.4 is 0 Å². The van der Waals surface area contributed by atoms with Crippen molar-refractivity contribution < 1.29 is 14.8 Å². The van der Waals surface area contributed by atoms with Crippen LogP contribution in [0.5, 0.6) is 0 Å². The van der Waals surface area contributed by atoms with Crippen LogP contribution in [0.4, 0.5) is 5.69 Å². The summed E-state index contributed by atoms with van der Waals surface area (Å²) in [6.07, 6.45) is 0.143. The number of non-ortho nitro benzene ring substituents is 1. The molecule has 116 valence electrons. The monoisotopic (exact) mass is 294 g/mol. The molecule has 1 rings (SSSR count). The molecular weight excluding hydrogens is 272 g/mol. The summed E-state index contributed by atoms with van der Waals surface area (Å²) in [5.41, 5.74) is 0.794. The molecule has 21 heavy (non-hydrogen) atoms. The van der Waals surface area contributed by atoms with E-state index in [0.717, 1.165) is 5.56 Å². The molecule has 0 aliphatic rings. The Morgan fingerprint density at radius 2 is 2.05 bits per heavy atom. The minimum Gasteiger partial charge on any atom is -0.392 e. The van der Waals surface area contributed by atoms with Crippen LogP contribution >= 0.6 is 0 Å². The van der Waals surface area contributed by atoms with Gasteiger partial charge >= 0.3 is 0 Å². The van der Waals surface area contributed by atoms with Gasteiger partial charge < -0.3 is 10.0 Å². The highest BCUT2D eigenvalue weighted by Crippen LogP contribution is 2.15. The van der Waals surface area contributed by atoms with Crippen molar-refractivity contribution in [2.45, 2.75) is 45.8 Å². The zero-order chi connectivity index (χ0) is 16.0. The molecule has 0 saturated carbocycles. The van der Waals surface area contributed by atoms with E-state index in [1.54, 1.807) is 24.0 Å². The molecule has 0 aliphatic carbocycles. The first kappa shape index (κ1) is 17.1. The largest absolute Gasteiger partial charge is 0.392 e. The molecule has 1 N–H and O–H groups in total. The molecule has 6 heteroatoms. The van der Waals surface area contributed by atoms with E-state index in [9.17, 15) is 20.0 Å². The van der Waals surface area contributed by atoms with Gasteiger partial charge in [-0.3, -0.25) is 14.9 Å². The summed E-state index contributed by atoms with van der Waals surface area (Å²) >= 11 is 0. The molecule has 0 saturated heterocycles. The van der Waals surface area contributed by atoms with Gasteiger partial charge in [-0.2, -0.15) is 0 Å². The molecule has 0 bridgehead atoms. The number of benzene rings is 1. The summed E-state index contributed by atoms with van der Waals surface area (Å²) < 4.78 is 0. The molecule has 0 aliphatic heterocycles. The molecular formula is C15H22N2O4. The van der Waals surface area contributed by atoms with Gasteiger partial charge in [-0.05, 0) is 32.8 Å². The van der Waals surface area contributed by atoms with Gasteiger partial charge in [0, 0.05) is 31.1 Å². The fourth-order valence-corrected chi connectivity index (χ4v) is 2.11. The number of hydrogen-bond donors (Lipinski definition) is 1. The fourth-order valence-electron chi connectivity index (χ4n) is 2.11. The molecule has 1 aromatic carbocycles. The van der Waals surface area contributed by atoms with Crippen molar-refractivity contribution in [3.05, 3.63) is 39.9 Å². The standard InChI is InChI=1S/C15H22N2O4/c1-11(2)16(10-12(3)18)15(19)8-7-13-5-4-6-14(9-13)17(20)21/h4-6,9,11-12,18H,7-8,10H2,1-3H3. The normalized spacial score (nSPS) is 12.2. The second-order valence-electron chi connectivity index (χ2n) is 5.42. The Hall–Kier alpha value is -1.95. The summed E-state index contributed by atoms with van der Waals surface area (Å²) in [4.78, 5) is 24.1. The number of rotatable bonds is 7. The second kappa shape index (κ2) is 7.73. The first-order valence-corrected chi connectivity index (χ1v) is 7.02. The number of nitro benzene ring substituents is 1. The Bertz CT molecular complexity index is 500. The Morgan fingerprint density at radius 1 is 1.38 bits per heavy atom. The maximum atomic E-state index is 12.2. The average molecular weight is 294 g/mol. The van der Waals surface area contributed by atoms with E-state index in [4.69, 9.17) is 0 Å². The molecule has 6 nitrogen and oxygen atoms in total. The summed E-state index contributed by atoms with van der Waals surface area (Å²) in [6, 6.07) is 6.32. The number of hydrogen-bond acceptors (Lipinski definition) is 4. The highest BCUT2D eigenvalue weighted by Gasteiger charge is 2.18. The van der Waals surface area contributed by atoms with Crippen LogP contribution in [-0.4, -0.2) is 39.5 Å². The molecule has 1 amide bonds. The van der Waals surface area contributed by atoms with Crippen molar-refractivity contribution in [2.75, 3.05) is 6.54 Å². The number of nitrogens with zero attached hydrogens (tertiary/aromatic N) is 2. The Kier molecular flexibility index (Phi) is 6.30. The lowest BCUT2D eigenvalue weighted by atomic mass is 10.1. The van der Waals surface area contributed by atoms with Gasteiger partial charge in [-0.15, -0.1) is 0 Å². The highest BCUT2D eigenvalue weighted by molar-refractivity contribution is 5.76. The van der Waals surface area contributed by atoms with Crippen molar-refractivity contribution >= 4 is 11.6 Å². The topological polar surface area (TPSA) is 83.7 Å². The SMILES string of the molecule is CC(O)CN(C(=O)CCc1cccc([N+](=O)[O-])c1)C(C)C. The van der Waals surface area contributed by atoms with Gasteiger partial charge in [0.2, 0.25) is 5.91 Å². The minimum absolute atomic E-state index is 0.0113. The number of amides is 1. The van der Waals surface area contributed by atoms with Crippen molar-refractivity contribution in [1.29, 1.82) is 0 Å². The maximum Gasteiger partial charge on any atom is 0.269 e. The van der Waals surface area contributed by atoms with E-state index in [1.807, 2.05) is 13.8 Å².